The molecular formula is C23H33N3. The molecule has 140 valence electrons. The molecule has 3 heteroatoms. The van der Waals surface area contributed by atoms with Gasteiger partial charge >= 0.3 is 0 Å². The molecule has 1 aromatic rings. The molecule has 0 bridgehead atoms. The van der Waals surface area contributed by atoms with Gasteiger partial charge in [0.1, 0.15) is 0 Å². The van der Waals surface area contributed by atoms with Crippen molar-refractivity contribution in [1.29, 1.82) is 0 Å². The molecule has 1 saturated heterocycles. The largest absolute Gasteiger partial charge is 0.338 e. The Kier molecular flexibility index (Phi) is 4.29. The number of hydrogen-bond donors (Lipinski definition) is 0. The summed E-state index contributed by atoms with van der Waals surface area (Å²) in [6, 6.07) is 6.21. The minimum absolute atomic E-state index is 0.630. The second-order valence-corrected chi connectivity index (χ2v) is 8.69. The topological polar surface area (TPSA) is 9.49 Å². The molecule has 2 heterocycles. The van der Waals surface area contributed by atoms with Crippen molar-refractivity contribution in [3.8, 4) is 0 Å². The molecule has 0 aromatic heterocycles. The Balaban J connectivity index is 1.80. The molecule has 3 nitrogen and oxygen atoms in total. The highest BCUT2D eigenvalue weighted by Crippen LogP contribution is 2.38. The van der Waals surface area contributed by atoms with Crippen LogP contribution >= 0.6 is 0 Å². The Bertz CT molecular complexity index is 766. The van der Waals surface area contributed by atoms with Gasteiger partial charge in [0, 0.05) is 0 Å². The number of rotatable bonds is 2. The summed E-state index contributed by atoms with van der Waals surface area (Å²) in [4.78, 5) is 5.17. The molecule has 0 saturated carbocycles. The van der Waals surface area contributed by atoms with Gasteiger partial charge in [-0.05, 0) is 43.9 Å². The van der Waals surface area contributed by atoms with E-state index in [9.17, 15) is 0 Å². The van der Waals surface area contributed by atoms with Crippen LogP contribution in [0.3, 0.4) is 0 Å². The smallest absolute Gasteiger partial charge is 0.262 e. The number of benzene rings is 1. The lowest BCUT2D eigenvalue weighted by molar-refractivity contribution is -0.507. The van der Waals surface area contributed by atoms with E-state index in [1.807, 2.05) is 0 Å². The second kappa shape index (κ2) is 6.37. The van der Waals surface area contributed by atoms with E-state index < -0.39 is 0 Å². The van der Waals surface area contributed by atoms with Crippen LogP contribution in [0.2, 0.25) is 0 Å². The first-order chi connectivity index (χ1) is 12.4. The zero-order valence-corrected chi connectivity index (χ0v) is 17.3. The van der Waals surface area contributed by atoms with E-state index in [0.717, 1.165) is 26.2 Å². The number of aryl methyl sites for hydroxylation is 3. The minimum atomic E-state index is 0.630. The summed E-state index contributed by atoms with van der Waals surface area (Å²) in [5, 5.41) is 0. The molecule has 0 spiro atoms. The summed E-state index contributed by atoms with van der Waals surface area (Å²) in [6.45, 7) is 18.3. The summed E-state index contributed by atoms with van der Waals surface area (Å²) in [6.07, 6.45) is 3.74. The van der Waals surface area contributed by atoms with Gasteiger partial charge in [0.05, 0.1) is 31.9 Å². The molecule has 1 aliphatic carbocycles. The number of fused-ring (bicyclic) bond motifs is 1. The third-order valence-corrected chi connectivity index (χ3v) is 6.28. The van der Waals surface area contributed by atoms with Crippen LogP contribution < -0.4 is 4.90 Å². The Hall–Kier alpha value is -1.90. The van der Waals surface area contributed by atoms with E-state index in [1.165, 1.54) is 40.3 Å². The number of allylic oxidation sites excluding steroid dienone is 1. The van der Waals surface area contributed by atoms with Crippen molar-refractivity contribution in [2.75, 3.05) is 31.1 Å². The van der Waals surface area contributed by atoms with E-state index in [0.29, 0.717) is 11.8 Å². The quantitative estimate of drug-likeness (QED) is 0.581. The highest BCUT2D eigenvalue weighted by atomic mass is 15.5. The summed E-state index contributed by atoms with van der Waals surface area (Å²) in [5.74, 6) is 2.74. The minimum Gasteiger partial charge on any atom is -0.338 e. The molecule has 0 amide bonds. The first-order valence-corrected chi connectivity index (χ1v) is 10.2. The van der Waals surface area contributed by atoms with Gasteiger partial charge in [-0.3, -0.25) is 4.90 Å². The maximum Gasteiger partial charge on any atom is 0.262 e. The maximum absolute atomic E-state index is 2.63. The standard InChI is InChI=1S/C23H33N3/c1-15-11-17(3)21(18(4)12-15)25-9-7-24-8-10-26(23(24)25)22-19(5)13-16(2)14-20(22)6/h11-13,16,20H,7-10,14H2,1-6H3. The van der Waals surface area contributed by atoms with Gasteiger partial charge in [-0.15, -0.1) is 5.57 Å². The Morgan fingerprint density at radius 3 is 2.35 bits per heavy atom. The zero-order valence-electron chi connectivity index (χ0n) is 17.3. The van der Waals surface area contributed by atoms with E-state index in [4.69, 9.17) is 0 Å². The average Bonchev–Trinajstić information content (AvgIpc) is 3.09. The summed E-state index contributed by atoms with van der Waals surface area (Å²) >= 11 is 0. The Morgan fingerprint density at radius 1 is 1.00 bits per heavy atom. The molecule has 4 rings (SSSR count). The van der Waals surface area contributed by atoms with Gasteiger partial charge in [-0.1, -0.05) is 50.8 Å². The van der Waals surface area contributed by atoms with Gasteiger partial charge < -0.3 is 9.48 Å². The van der Waals surface area contributed by atoms with Gasteiger partial charge in [0.15, 0.2) is 0 Å². The monoisotopic (exact) mass is 351 g/mol. The SMILES string of the molecule is CC1=CC(C)CC(C)[C-]1[N+]1=C2N(CCN2c2c(C)cc(C)cc2C)CC1. The lowest BCUT2D eigenvalue weighted by atomic mass is 9.80. The number of guanidine groups is 1. The summed E-state index contributed by atoms with van der Waals surface area (Å²) in [7, 11) is 0. The van der Waals surface area contributed by atoms with Crippen LogP contribution in [-0.2, 0) is 0 Å². The third-order valence-electron chi connectivity index (χ3n) is 6.28. The van der Waals surface area contributed by atoms with Crippen LogP contribution in [0.5, 0.6) is 0 Å². The van der Waals surface area contributed by atoms with Crippen LogP contribution in [0.25, 0.3) is 0 Å². The van der Waals surface area contributed by atoms with Crippen molar-refractivity contribution in [2.24, 2.45) is 11.8 Å². The molecule has 2 atom stereocenters. The first-order valence-electron chi connectivity index (χ1n) is 10.2. The molecule has 2 unspecified atom stereocenters. The fourth-order valence-corrected chi connectivity index (χ4v) is 5.60. The molecule has 1 fully saturated rings. The normalized spacial score (nSPS) is 25.9. The van der Waals surface area contributed by atoms with Crippen molar-refractivity contribution in [2.45, 2.75) is 48.0 Å². The van der Waals surface area contributed by atoms with Gasteiger partial charge in [0.25, 0.3) is 5.96 Å². The van der Waals surface area contributed by atoms with Crippen molar-refractivity contribution in [3.63, 3.8) is 0 Å². The fourth-order valence-electron chi connectivity index (χ4n) is 5.60. The lowest BCUT2D eigenvalue weighted by Gasteiger charge is -2.39. The second-order valence-electron chi connectivity index (χ2n) is 8.69. The Morgan fingerprint density at radius 2 is 1.69 bits per heavy atom. The fraction of sp³-hybridized carbons (Fsp3) is 0.565. The van der Waals surface area contributed by atoms with Crippen molar-refractivity contribution < 1.29 is 4.58 Å². The Labute approximate surface area is 159 Å². The molecule has 0 N–H and O–H groups in total. The van der Waals surface area contributed by atoms with Crippen molar-refractivity contribution >= 4 is 11.6 Å². The number of nitrogens with zero attached hydrogens (tertiary/aromatic N) is 3. The third kappa shape index (κ3) is 2.72. The molecule has 1 aromatic carbocycles. The van der Waals surface area contributed by atoms with Crippen LogP contribution in [0.4, 0.5) is 5.69 Å². The van der Waals surface area contributed by atoms with Crippen LogP contribution in [0, 0.1) is 38.6 Å². The number of anilines is 1. The molecule has 0 radical (unpaired) electrons. The zero-order chi connectivity index (χ0) is 18.6. The van der Waals surface area contributed by atoms with Crippen LogP contribution in [-0.4, -0.2) is 41.6 Å². The maximum atomic E-state index is 2.63. The van der Waals surface area contributed by atoms with Crippen LogP contribution in [0.1, 0.15) is 43.9 Å². The molecule has 26 heavy (non-hydrogen) atoms. The van der Waals surface area contributed by atoms with Gasteiger partial charge in [0.2, 0.25) is 0 Å². The average molecular weight is 352 g/mol. The predicted octanol–water partition coefficient (Wildman–Crippen LogP) is 4.27. The molecule has 2 aliphatic heterocycles. The first kappa shape index (κ1) is 17.5. The summed E-state index contributed by atoms with van der Waals surface area (Å²) < 4.78 is 2.63. The van der Waals surface area contributed by atoms with Crippen molar-refractivity contribution in [1.82, 2.24) is 4.90 Å². The van der Waals surface area contributed by atoms with Crippen molar-refractivity contribution in [3.05, 3.63) is 46.5 Å². The highest BCUT2D eigenvalue weighted by Gasteiger charge is 2.40. The van der Waals surface area contributed by atoms with Gasteiger partial charge in [-0.25, -0.2) is 0 Å². The van der Waals surface area contributed by atoms with E-state index in [2.05, 4.69) is 74.1 Å². The van der Waals surface area contributed by atoms with E-state index in [1.54, 1.807) is 6.04 Å². The van der Waals surface area contributed by atoms with E-state index in [-0.39, 0.29) is 0 Å². The number of hydrogen-bond acceptors (Lipinski definition) is 2. The lowest BCUT2D eigenvalue weighted by Crippen LogP contribution is -2.39. The summed E-state index contributed by atoms with van der Waals surface area (Å²) in [5.41, 5.74) is 7.04. The molecular weight excluding hydrogens is 318 g/mol. The molecule has 3 aliphatic rings. The van der Waals surface area contributed by atoms with Crippen LogP contribution in [0.15, 0.2) is 23.8 Å². The highest BCUT2D eigenvalue weighted by molar-refractivity contribution is 5.97. The van der Waals surface area contributed by atoms with Gasteiger partial charge in [-0.2, -0.15) is 6.08 Å². The van der Waals surface area contributed by atoms with E-state index >= 15 is 0 Å². The predicted molar refractivity (Wildman–Crippen MR) is 110 cm³/mol.